The van der Waals surface area contributed by atoms with Crippen molar-refractivity contribution in [1.29, 1.82) is 0 Å². The van der Waals surface area contributed by atoms with E-state index in [2.05, 4.69) is 10.3 Å². The molecule has 28 heavy (non-hydrogen) atoms. The van der Waals surface area contributed by atoms with Gasteiger partial charge in [-0.25, -0.2) is 9.37 Å². The lowest BCUT2D eigenvalue weighted by molar-refractivity contribution is 0.102. The van der Waals surface area contributed by atoms with Crippen molar-refractivity contribution < 1.29 is 18.7 Å². The minimum absolute atomic E-state index is 0.336. The number of carbonyl (C=O) groups is 1. The van der Waals surface area contributed by atoms with Gasteiger partial charge in [-0.15, -0.1) is 0 Å². The summed E-state index contributed by atoms with van der Waals surface area (Å²) in [5.41, 5.74) is 2.08. The molecular formula is C21H24FN3O3. The Bertz CT molecular complexity index is 984. The van der Waals surface area contributed by atoms with Crippen molar-refractivity contribution in [3.8, 4) is 11.5 Å². The highest BCUT2D eigenvalue weighted by atomic mass is 19.1. The first kappa shape index (κ1) is 19.7. The molecular weight excluding hydrogens is 361 g/mol. The number of halogens is 1. The molecule has 0 radical (unpaired) electrons. The summed E-state index contributed by atoms with van der Waals surface area (Å²) in [5, 5.41) is 2.87. The highest BCUT2D eigenvalue weighted by Crippen LogP contribution is 2.31. The lowest BCUT2D eigenvalue weighted by Gasteiger charge is -2.13. The Balaban J connectivity index is 1.95. The highest BCUT2D eigenvalue weighted by molar-refractivity contribution is 6.04. The Labute approximate surface area is 163 Å². The van der Waals surface area contributed by atoms with E-state index >= 15 is 0 Å². The molecule has 0 atom stereocenters. The van der Waals surface area contributed by atoms with Crippen molar-refractivity contribution >= 4 is 17.2 Å². The Kier molecular flexibility index (Phi) is 6.13. The second-order valence-electron chi connectivity index (χ2n) is 6.21. The summed E-state index contributed by atoms with van der Waals surface area (Å²) < 4.78 is 26.4. The van der Waals surface area contributed by atoms with Gasteiger partial charge in [0, 0.05) is 18.0 Å². The average molecular weight is 385 g/mol. The number of amides is 1. The molecule has 148 valence electrons. The van der Waals surface area contributed by atoms with Crippen LogP contribution in [0.25, 0.3) is 5.65 Å². The van der Waals surface area contributed by atoms with E-state index in [1.54, 1.807) is 24.3 Å². The fourth-order valence-corrected chi connectivity index (χ4v) is 3.04. The van der Waals surface area contributed by atoms with Crippen LogP contribution in [0.4, 0.5) is 10.1 Å². The summed E-state index contributed by atoms with van der Waals surface area (Å²) in [7, 11) is 0. The summed E-state index contributed by atoms with van der Waals surface area (Å²) in [6, 6.07) is 8.12. The van der Waals surface area contributed by atoms with E-state index < -0.39 is 5.82 Å². The Morgan fingerprint density at radius 2 is 1.86 bits per heavy atom. The Hall–Kier alpha value is -3.09. The molecule has 0 aliphatic heterocycles. The smallest absolute Gasteiger partial charge is 0.274 e. The SMILES string of the molecule is CCCc1nc2ccc(F)cn2c1C(=O)Nc1ccc(OCC)c(OCC)c1. The monoisotopic (exact) mass is 385 g/mol. The number of hydrogen-bond donors (Lipinski definition) is 1. The molecule has 0 saturated heterocycles. The summed E-state index contributed by atoms with van der Waals surface area (Å²) in [4.78, 5) is 17.5. The maximum Gasteiger partial charge on any atom is 0.274 e. The van der Waals surface area contributed by atoms with Crippen LogP contribution in [0.3, 0.4) is 0 Å². The number of ether oxygens (including phenoxy) is 2. The predicted molar refractivity (Wildman–Crippen MR) is 106 cm³/mol. The molecule has 0 unspecified atom stereocenters. The second kappa shape index (κ2) is 8.73. The van der Waals surface area contributed by atoms with Crippen LogP contribution in [0.15, 0.2) is 36.5 Å². The van der Waals surface area contributed by atoms with E-state index in [0.29, 0.717) is 53.9 Å². The maximum atomic E-state index is 13.7. The number of pyridine rings is 1. The Morgan fingerprint density at radius 1 is 1.11 bits per heavy atom. The van der Waals surface area contributed by atoms with Gasteiger partial charge in [-0.1, -0.05) is 13.3 Å². The normalized spacial score (nSPS) is 10.9. The summed E-state index contributed by atoms with van der Waals surface area (Å²) in [6.45, 7) is 6.77. The third-order valence-electron chi connectivity index (χ3n) is 4.16. The number of nitrogens with one attached hydrogen (secondary N) is 1. The van der Waals surface area contributed by atoms with Crippen molar-refractivity contribution in [1.82, 2.24) is 9.38 Å². The molecule has 2 heterocycles. The number of anilines is 1. The van der Waals surface area contributed by atoms with Gasteiger partial charge in [-0.2, -0.15) is 0 Å². The van der Waals surface area contributed by atoms with Gasteiger partial charge in [0.05, 0.1) is 18.9 Å². The number of benzene rings is 1. The van der Waals surface area contributed by atoms with E-state index in [0.717, 1.165) is 6.42 Å². The molecule has 3 rings (SSSR count). The van der Waals surface area contributed by atoms with E-state index in [9.17, 15) is 9.18 Å². The van der Waals surface area contributed by atoms with Gasteiger partial charge in [-0.05, 0) is 44.5 Å². The topological polar surface area (TPSA) is 64.9 Å². The molecule has 1 amide bonds. The molecule has 3 aromatic rings. The quantitative estimate of drug-likeness (QED) is 0.621. The standard InChI is InChI=1S/C21H24FN3O3/c1-4-7-16-20(25-13-14(22)8-11-19(25)24-16)21(26)23-15-9-10-17(27-5-2)18(12-15)28-6-3/h8-13H,4-7H2,1-3H3,(H,23,26). The average Bonchev–Trinajstić information content (AvgIpc) is 3.01. The number of nitrogens with zero attached hydrogens (tertiary/aromatic N) is 2. The van der Waals surface area contributed by atoms with Crippen LogP contribution in [0, 0.1) is 5.82 Å². The Morgan fingerprint density at radius 3 is 2.57 bits per heavy atom. The molecule has 0 bridgehead atoms. The molecule has 0 fully saturated rings. The molecule has 0 aliphatic carbocycles. The van der Waals surface area contributed by atoms with Crippen LogP contribution >= 0.6 is 0 Å². The number of aryl methyl sites for hydroxylation is 1. The minimum Gasteiger partial charge on any atom is -0.490 e. The zero-order valence-corrected chi connectivity index (χ0v) is 16.3. The van der Waals surface area contributed by atoms with Crippen LogP contribution < -0.4 is 14.8 Å². The molecule has 6 nitrogen and oxygen atoms in total. The molecule has 2 aromatic heterocycles. The van der Waals surface area contributed by atoms with Crippen LogP contribution in [0.5, 0.6) is 11.5 Å². The largest absolute Gasteiger partial charge is 0.490 e. The van der Waals surface area contributed by atoms with Crippen molar-refractivity contribution in [2.75, 3.05) is 18.5 Å². The molecule has 7 heteroatoms. The van der Waals surface area contributed by atoms with E-state index in [4.69, 9.17) is 9.47 Å². The number of aromatic nitrogens is 2. The molecule has 0 spiro atoms. The van der Waals surface area contributed by atoms with Gasteiger partial charge >= 0.3 is 0 Å². The highest BCUT2D eigenvalue weighted by Gasteiger charge is 2.20. The molecule has 0 aliphatic rings. The summed E-state index contributed by atoms with van der Waals surface area (Å²) >= 11 is 0. The number of hydrogen-bond acceptors (Lipinski definition) is 4. The van der Waals surface area contributed by atoms with Crippen LogP contribution in [-0.4, -0.2) is 28.5 Å². The summed E-state index contributed by atoms with van der Waals surface area (Å²) in [5.74, 6) is 0.390. The molecule has 1 N–H and O–H groups in total. The lowest BCUT2D eigenvalue weighted by Crippen LogP contribution is -2.16. The number of carbonyl (C=O) groups excluding carboxylic acids is 1. The van der Waals surface area contributed by atoms with Crippen LogP contribution in [0.1, 0.15) is 43.4 Å². The van der Waals surface area contributed by atoms with Crippen LogP contribution in [0.2, 0.25) is 0 Å². The van der Waals surface area contributed by atoms with E-state index in [1.165, 1.54) is 16.7 Å². The first-order chi connectivity index (χ1) is 13.6. The zero-order chi connectivity index (χ0) is 20.1. The van der Waals surface area contributed by atoms with Gasteiger partial charge in [0.25, 0.3) is 5.91 Å². The molecule has 0 saturated carbocycles. The van der Waals surface area contributed by atoms with Crippen molar-refractivity contribution in [3.05, 3.63) is 53.7 Å². The third kappa shape index (κ3) is 4.08. The third-order valence-corrected chi connectivity index (χ3v) is 4.16. The van der Waals surface area contributed by atoms with Gasteiger partial charge in [0.1, 0.15) is 17.2 Å². The number of imidazole rings is 1. The first-order valence-electron chi connectivity index (χ1n) is 9.44. The minimum atomic E-state index is -0.429. The first-order valence-corrected chi connectivity index (χ1v) is 9.44. The molecule has 1 aromatic carbocycles. The fourth-order valence-electron chi connectivity index (χ4n) is 3.04. The number of rotatable bonds is 8. The lowest BCUT2D eigenvalue weighted by atomic mass is 10.2. The van der Waals surface area contributed by atoms with Crippen molar-refractivity contribution in [3.63, 3.8) is 0 Å². The number of fused-ring (bicyclic) bond motifs is 1. The van der Waals surface area contributed by atoms with Gasteiger partial charge in [-0.3, -0.25) is 9.20 Å². The van der Waals surface area contributed by atoms with E-state index in [1.807, 2.05) is 20.8 Å². The summed E-state index contributed by atoms with van der Waals surface area (Å²) in [6.07, 6.45) is 2.73. The van der Waals surface area contributed by atoms with Gasteiger partial charge in [0.2, 0.25) is 0 Å². The fraction of sp³-hybridized carbons (Fsp3) is 0.333. The van der Waals surface area contributed by atoms with Gasteiger partial charge in [0.15, 0.2) is 11.5 Å². The second-order valence-corrected chi connectivity index (χ2v) is 6.21. The predicted octanol–water partition coefficient (Wildman–Crippen LogP) is 4.48. The van der Waals surface area contributed by atoms with Crippen molar-refractivity contribution in [2.45, 2.75) is 33.6 Å². The van der Waals surface area contributed by atoms with Crippen molar-refractivity contribution in [2.24, 2.45) is 0 Å². The van der Waals surface area contributed by atoms with Crippen LogP contribution in [-0.2, 0) is 6.42 Å². The zero-order valence-electron chi connectivity index (χ0n) is 16.3. The maximum absolute atomic E-state index is 13.7. The van der Waals surface area contributed by atoms with E-state index in [-0.39, 0.29) is 5.91 Å². The van der Waals surface area contributed by atoms with Gasteiger partial charge < -0.3 is 14.8 Å².